The SMILES string of the molecule is CB(O)O.CB(O)O.CB1OC(C)(C)C(C)(C)O1.CB1OC(C)(C)C(C)(C)O1.CC.CC.CC.CC.S.[3HH].[U]. The van der Waals surface area contributed by atoms with Crippen LogP contribution < -0.4 is 0 Å². The Labute approximate surface area is 272 Å². The third-order valence-electron chi connectivity index (χ3n) is 4.74. The molecule has 0 unspecified atom stereocenters. The Kier molecular flexibility index (Phi) is 48.5. The molecular formula is C24H68B4O8SU. The molecular weight excluding hydrogens is 730 g/mol. The molecule has 0 aromatic carbocycles. The van der Waals surface area contributed by atoms with Crippen LogP contribution in [-0.4, -0.2) is 71.0 Å². The summed E-state index contributed by atoms with van der Waals surface area (Å²) in [6.45, 7) is 38.8. The van der Waals surface area contributed by atoms with Gasteiger partial charge in [0, 0.05) is 32.5 Å². The van der Waals surface area contributed by atoms with Crippen LogP contribution in [-0.2, 0) is 18.6 Å². The second-order valence-corrected chi connectivity index (χ2v) is 8.91. The summed E-state index contributed by atoms with van der Waals surface area (Å²) >= 11 is 0. The Hall–Kier alpha value is 1.34. The Morgan fingerprint density at radius 2 is 0.553 bits per heavy atom. The van der Waals surface area contributed by atoms with Gasteiger partial charge in [-0.25, -0.2) is 0 Å². The Balaban J connectivity index is -0.0000000415. The predicted octanol–water partition coefficient (Wildman–Crippen LogP) is 6.06. The van der Waals surface area contributed by atoms with Gasteiger partial charge < -0.3 is 38.7 Å². The van der Waals surface area contributed by atoms with Crippen LogP contribution in [0.25, 0.3) is 0 Å². The second-order valence-electron chi connectivity index (χ2n) is 8.91. The van der Waals surface area contributed by atoms with Gasteiger partial charge in [-0.05, 0) is 82.7 Å². The van der Waals surface area contributed by atoms with Crippen molar-refractivity contribution in [3.8, 4) is 0 Å². The zero-order valence-corrected chi connectivity index (χ0v) is 33.9. The van der Waals surface area contributed by atoms with Crippen molar-refractivity contribution in [2.24, 2.45) is 0 Å². The summed E-state index contributed by atoms with van der Waals surface area (Å²) in [5.74, 6) is 0. The fourth-order valence-electron chi connectivity index (χ4n) is 2.28. The van der Waals surface area contributed by atoms with E-state index in [4.69, 9.17) is 38.7 Å². The molecule has 0 radical (unpaired) electrons. The van der Waals surface area contributed by atoms with Gasteiger partial charge in [0.05, 0.1) is 22.4 Å². The van der Waals surface area contributed by atoms with Crippen LogP contribution in [0.2, 0.25) is 27.3 Å². The fourth-order valence-corrected chi connectivity index (χ4v) is 2.28. The minimum atomic E-state index is -1.17. The van der Waals surface area contributed by atoms with Crippen molar-refractivity contribution in [2.45, 2.75) is 160 Å². The maximum absolute atomic E-state index is 7.61. The van der Waals surface area contributed by atoms with E-state index in [1.807, 2.05) is 69.0 Å². The summed E-state index contributed by atoms with van der Waals surface area (Å²) < 4.78 is 22.2. The Morgan fingerprint density at radius 3 is 0.579 bits per heavy atom. The predicted molar refractivity (Wildman–Crippen MR) is 174 cm³/mol. The van der Waals surface area contributed by atoms with Crippen molar-refractivity contribution in [2.75, 3.05) is 0 Å². The molecule has 234 valence electrons. The molecule has 2 aliphatic rings. The molecule has 4 N–H and O–H groups in total. The third kappa shape index (κ3) is 31.9. The quantitative estimate of drug-likeness (QED) is 0.219. The van der Waals surface area contributed by atoms with Crippen molar-refractivity contribution in [3.63, 3.8) is 0 Å². The van der Waals surface area contributed by atoms with E-state index in [9.17, 15) is 0 Å². The van der Waals surface area contributed by atoms with Crippen LogP contribution in [0.5, 0.6) is 0 Å². The Morgan fingerprint density at radius 1 is 0.474 bits per heavy atom. The van der Waals surface area contributed by atoms with Gasteiger partial charge in [-0.15, -0.1) is 0 Å². The molecule has 2 heterocycles. The molecule has 2 aliphatic heterocycles. The molecule has 2 fully saturated rings. The van der Waals surface area contributed by atoms with E-state index in [2.05, 4.69) is 55.4 Å². The van der Waals surface area contributed by atoms with E-state index in [1.54, 1.807) is 0 Å². The minimum Gasteiger partial charge on any atom is -0.427 e. The summed E-state index contributed by atoms with van der Waals surface area (Å²) in [5, 5.41) is 30.4. The van der Waals surface area contributed by atoms with Gasteiger partial charge in [-0.1, -0.05) is 55.4 Å². The number of rotatable bonds is 0. The van der Waals surface area contributed by atoms with Crippen LogP contribution >= 0.6 is 13.5 Å². The molecule has 0 atom stereocenters. The average molecular weight is 800 g/mol. The van der Waals surface area contributed by atoms with Gasteiger partial charge in [0.2, 0.25) is 0 Å². The summed E-state index contributed by atoms with van der Waals surface area (Å²) in [7, 11) is -2.46. The molecule has 14 heteroatoms. The van der Waals surface area contributed by atoms with Crippen molar-refractivity contribution < 1.29 is 71.3 Å². The fraction of sp³-hybridized carbons (Fsp3) is 1.00. The van der Waals surface area contributed by atoms with Gasteiger partial charge in [0.15, 0.2) is 0 Å². The van der Waals surface area contributed by atoms with E-state index in [0.29, 0.717) is 0 Å². The standard InChI is InChI=1S/2C7H15BO2.4C2H6.2CH5BO2.H2S.U.H2/c2*1-6(2)7(3,4)10-8(5)9-6;4*1-2;2*1-2(3)4;;;/h2*1-5H3;4*1-2H3;2*3-4H,1H3;1H2;;1H/i;;;;;;;;;;1+2. The van der Waals surface area contributed by atoms with E-state index in [0.717, 1.165) is 0 Å². The largest absolute Gasteiger partial charge is 0.454 e. The first kappa shape index (κ1) is 58.9. The molecule has 8 nitrogen and oxygen atoms in total. The van der Waals surface area contributed by atoms with Gasteiger partial charge in [-0.3, -0.25) is 0 Å². The molecule has 0 amide bonds. The van der Waals surface area contributed by atoms with E-state index >= 15 is 0 Å². The van der Waals surface area contributed by atoms with Gasteiger partial charge in [0.1, 0.15) is 0 Å². The first-order valence-electron chi connectivity index (χ1n) is 13.6. The summed E-state index contributed by atoms with van der Waals surface area (Å²) in [6, 6.07) is 0. The Bertz CT molecular complexity index is 392. The van der Waals surface area contributed by atoms with Crippen molar-refractivity contribution in [1.82, 2.24) is 0 Å². The van der Waals surface area contributed by atoms with Crippen molar-refractivity contribution in [1.29, 1.82) is 0 Å². The molecule has 38 heavy (non-hydrogen) atoms. The first-order chi connectivity index (χ1) is 16.2. The van der Waals surface area contributed by atoms with Crippen molar-refractivity contribution >= 4 is 42.0 Å². The summed E-state index contributed by atoms with van der Waals surface area (Å²) in [5.41, 5.74) is -0.641. The number of hydrogen-bond donors (Lipinski definition) is 4. The monoisotopic (exact) mass is 801 g/mol. The third-order valence-corrected chi connectivity index (χ3v) is 4.74. The average Bonchev–Trinajstić information content (AvgIpc) is 3.03. The molecule has 0 saturated carbocycles. The van der Waals surface area contributed by atoms with Crippen LogP contribution in [0.15, 0.2) is 0 Å². The summed E-state index contributed by atoms with van der Waals surface area (Å²) in [4.78, 5) is 0. The minimum absolute atomic E-state index is 0. The second kappa shape index (κ2) is 31.3. The molecule has 0 spiro atoms. The van der Waals surface area contributed by atoms with Crippen LogP contribution in [0.1, 0.15) is 112 Å². The van der Waals surface area contributed by atoms with Crippen LogP contribution in [0, 0.1) is 31.1 Å². The van der Waals surface area contributed by atoms with Crippen LogP contribution in [0.4, 0.5) is 0 Å². The molecule has 0 aromatic heterocycles. The topological polar surface area (TPSA) is 118 Å². The first-order valence-corrected chi connectivity index (χ1v) is 13.6. The summed E-state index contributed by atoms with van der Waals surface area (Å²) in [6.07, 6.45) is 0. The van der Waals surface area contributed by atoms with E-state index in [-0.39, 0.29) is 82.7 Å². The smallest absolute Gasteiger partial charge is 0.427 e. The molecule has 2 saturated heterocycles. The molecule has 0 aliphatic carbocycles. The van der Waals surface area contributed by atoms with Crippen molar-refractivity contribution in [3.05, 3.63) is 0 Å². The maximum Gasteiger partial charge on any atom is 0.454 e. The van der Waals surface area contributed by atoms with Gasteiger partial charge in [0.25, 0.3) is 0 Å². The van der Waals surface area contributed by atoms with Crippen LogP contribution in [0.3, 0.4) is 0 Å². The van der Waals surface area contributed by atoms with E-state index in [1.165, 1.54) is 13.6 Å². The zero-order chi connectivity index (χ0) is 31.1. The molecule has 0 aromatic rings. The molecule has 2 rings (SSSR count). The number of hydrogen-bond acceptors (Lipinski definition) is 8. The van der Waals surface area contributed by atoms with Gasteiger partial charge in [-0.2, -0.15) is 13.5 Å². The maximum atomic E-state index is 7.61. The normalized spacial score (nSPS) is 17.4. The van der Waals surface area contributed by atoms with Gasteiger partial charge >= 0.3 is 28.5 Å². The zero-order valence-electron chi connectivity index (χ0n) is 28.7. The van der Waals surface area contributed by atoms with E-state index < -0.39 is 14.2 Å². The molecule has 0 bridgehead atoms.